The lowest BCUT2D eigenvalue weighted by Crippen LogP contribution is -2.16. The van der Waals surface area contributed by atoms with Gasteiger partial charge in [-0.05, 0) is 35.7 Å². The first-order valence-electron chi connectivity index (χ1n) is 5.41. The van der Waals surface area contributed by atoms with E-state index in [1.807, 2.05) is 6.07 Å². The van der Waals surface area contributed by atoms with Gasteiger partial charge in [-0.25, -0.2) is 13.2 Å². The lowest BCUT2D eigenvalue weighted by Gasteiger charge is -2.06. The molecule has 21 heavy (non-hydrogen) atoms. The van der Waals surface area contributed by atoms with E-state index in [0.717, 1.165) is 11.3 Å². The van der Waals surface area contributed by atoms with Crippen LogP contribution in [0.2, 0.25) is 0 Å². The molecule has 2 aromatic rings. The number of hydrogen-bond acceptors (Lipinski definition) is 6. The van der Waals surface area contributed by atoms with Crippen LogP contribution in [0.1, 0.15) is 5.56 Å². The van der Waals surface area contributed by atoms with Gasteiger partial charge in [-0.1, -0.05) is 0 Å². The Bertz CT molecular complexity index is 807. The number of nitrogens with zero attached hydrogens (tertiary/aromatic N) is 1. The standard InChI is InChI=1S/C12H7ClN2O4S2/c13-21(17,18)10-5-6-20-11(10)19-12(16)15-9-3-1-8(7-14)2-4-9/h1-6H,(H,15,16). The molecule has 1 heterocycles. The summed E-state index contributed by atoms with van der Waals surface area (Å²) in [4.78, 5) is 11.4. The molecule has 0 aliphatic carbocycles. The van der Waals surface area contributed by atoms with E-state index in [4.69, 9.17) is 20.7 Å². The monoisotopic (exact) mass is 342 g/mol. The molecule has 1 N–H and O–H groups in total. The maximum absolute atomic E-state index is 11.7. The highest BCUT2D eigenvalue weighted by atomic mass is 35.7. The number of carbonyl (C=O) groups excluding carboxylic acids is 1. The summed E-state index contributed by atoms with van der Waals surface area (Å²) in [5, 5.41) is 12.4. The van der Waals surface area contributed by atoms with Crippen LogP contribution >= 0.6 is 22.0 Å². The summed E-state index contributed by atoms with van der Waals surface area (Å²) in [6.45, 7) is 0. The smallest absolute Gasteiger partial charge is 0.397 e. The van der Waals surface area contributed by atoms with Crippen molar-refractivity contribution in [3.05, 3.63) is 41.3 Å². The highest BCUT2D eigenvalue weighted by Crippen LogP contribution is 2.32. The third-order valence-corrected chi connectivity index (χ3v) is 4.57. The number of halogens is 1. The molecule has 0 radical (unpaired) electrons. The van der Waals surface area contributed by atoms with Crippen molar-refractivity contribution < 1.29 is 17.9 Å². The first-order chi connectivity index (χ1) is 9.90. The van der Waals surface area contributed by atoms with E-state index >= 15 is 0 Å². The largest absolute Gasteiger partial charge is 0.417 e. The summed E-state index contributed by atoms with van der Waals surface area (Å²) in [7, 11) is 1.24. The van der Waals surface area contributed by atoms with Crippen LogP contribution in [0.5, 0.6) is 5.06 Å². The number of thiophene rings is 1. The van der Waals surface area contributed by atoms with Crippen LogP contribution in [0, 0.1) is 11.3 Å². The molecule has 0 atom stereocenters. The van der Waals surface area contributed by atoms with Gasteiger partial charge in [0, 0.05) is 16.4 Å². The molecule has 0 bridgehead atoms. The van der Waals surface area contributed by atoms with E-state index < -0.39 is 15.1 Å². The normalized spacial score (nSPS) is 10.7. The molecule has 0 saturated carbocycles. The van der Waals surface area contributed by atoms with Crippen molar-refractivity contribution in [2.45, 2.75) is 4.90 Å². The fraction of sp³-hybridized carbons (Fsp3) is 0. The minimum atomic E-state index is -3.98. The van der Waals surface area contributed by atoms with E-state index in [2.05, 4.69) is 5.32 Å². The Morgan fingerprint density at radius 3 is 2.52 bits per heavy atom. The number of nitrogens with one attached hydrogen (secondary N) is 1. The number of amides is 1. The molecule has 0 spiro atoms. The second kappa shape index (κ2) is 6.13. The van der Waals surface area contributed by atoms with Crippen molar-refractivity contribution >= 4 is 42.9 Å². The predicted molar refractivity (Wildman–Crippen MR) is 78.2 cm³/mol. The minimum Gasteiger partial charge on any atom is -0.397 e. The number of hydrogen-bond donors (Lipinski definition) is 1. The van der Waals surface area contributed by atoms with Crippen molar-refractivity contribution in [1.29, 1.82) is 5.26 Å². The second-order valence-corrected chi connectivity index (χ2v) is 7.13. The molecule has 0 aliphatic heterocycles. The number of anilines is 1. The van der Waals surface area contributed by atoms with Crippen LogP contribution < -0.4 is 10.1 Å². The van der Waals surface area contributed by atoms with Crippen LogP contribution in [0.4, 0.5) is 10.5 Å². The van der Waals surface area contributed by atoms with Crippen molar-refractivity contribution in [3.63, 3.8) is 0 Å². The molecule has 0 fully saturated rings. The Morgan fingerprint density at radius 2 is 1.95 bits per heavy atom. The zero-order valence-corrected chi connectivity index (χ0v) is 12.6. The molecule has 0 saturated heterocycles. The molecule has 1 aromatic heterocycles. The third kappa shape index (κ3) is 3.95. The predicted octanol–water partition coefficient (Wildman–Crippen LogP) is 3.16. The van der Waals surface area contributed by atoms with E-state index in [1.165, 1.54) is 35.7 Å². The average molecular weight is 343 g/mol. The van der Waals surface area contributed by atoms with Gasteiger partial charge in [-0.15, -0.1) is 11.3 Å². The van der Waals surface area contributed by atoms with E-state index in [0.29, 0.717) is 11.3 Å². The lowest BCUT2D eigenvalue weighted by molar-refractivity contribution is 0.215. The first kappa shape index (κ1) is 15.3. The molecule has 2 rings (SSSR count). The minimum absolute atomic E-state index is 0.115. The van der Waals surface area contributed by atoms with Gasteiger partial charge < -0.3 is 4.74 Å². The fourth-order valence-corrected chi connectivity index (χ4v) is 3.56. The number of rotatable bonds is 3. The van der Waals surface area contributed by atoms with Crippen LogP contribution in [0.3, 0.4) is 0 Å². The molecule has 6 nitrogen and oxygen atoms in total. The number of nitriles is 1. The summed E-state index contributed by atoms with van der Waals surface area (Å²) in [6, 6.07) is 9.28. The van der Waals surface area contributed by atoms with E-state index in [1.54, 1.807) is 0 Å². The summed E-state index contributed by atoms with van der Waals surface area (Å²) < 4.78 is 27.4. The molecule has 9 heteroatoms. The van der Waals surface area contributed by atoms with Crippen molar-refractivity contribution in [2.24, 2.45) is 0 Å². The van der Waals surface area contributed by atoms with Gasteiger partial charge in [0.05, 0.1) is 11.6 Å². The van der Waals surface area contributed by atoms with Gasteiger partial charge >= 0.3 is 6.09 Å². The zero-order chi connectivity index (χ0) is 15.5. The first-order valence-corrected chi connectivity index (χ1v) is 8.60. The number of benzene rings is 1. The summed E-state index contributed by atoms with van der Waals surface area (Å²) in [5.41, 5.74) is 0.855. The maximum atomic E-state index is 11.7. The Hall–Kier alpha value is -2.08. The maximum Gasteiger partial charge on any atom is 0.417 e. The molecular formula is C12H7ClN2O4S2. The highest BCUT2D eigenvalue weighted by molar-refractivity contribution is 8.14. The van der Waals surface area contributed by atoms with Crippen LogP contribution in [-0.2, 0) is 9.05 Å². The third-order valence-electron chi connectivity index (χ3n) is 2.30. The average Bonchev–Trinajstić information content (AvgIpc) is 2.87. The number of ether oxygens (including phenoxy) is 1. The van der Waals surface area contributed by atoms with Crippen molar-refractivity contribution in [2.75, 3.05) is 5.32 Å². The number of carbonyl (C=O) groups is 1. The quantitative estimate of drug-likeness (QED) is 0.864. The topological polar surface area (TPSA) is 96.3 Å². The van der Waals surface area contributed by atoms with E-state index in [-0.39, 0.29) is 9.96 Å². The van der Waals surface area contributed by atoms with Crippen LogP contribution in [-0.4, -0.2) is 14.5 Å². The van der Waals surface area contributed by atoms with E-state index in [9.17, 15) is 13.2 Å². The fourth-order valence-electron chi connectivity index (χ4n) is 1.39. The van der Waals surface area contributed by atoms with Gasteiger partial charge in [-0.3, -0.25) is 5.32 Å². The van der Waals surface area contributed by atoms with Crippen LogP contribution in [0.15, 0.2) is 40.6 Å². The molecule has 1 aromatic carbocycles. The molecule has 0 unspecified atom stereocenters. The molecule has 0 aliphatic rings. The Balaban J connectivity index is 2.09. The molecule has 108 valence electrons. The summed E-state index contributed by atoms with van der Waals surface area (Å²) >= 11 is 0.932. The highest BCUT2D eigenvalue weighted by Gasteiger charge is 2.20. The van der Waals surface area contributed by atoms with Crippen molar-refractivity contribution in [3.8, 4) is 11.1 Å². The lowest BCUT2D eigenvalue weighted by atomic mass is 10.2. The zero-order valence-electron chi connectivity index (χ0n) is 10.2. The Kier molecular flexibility index (Phi) is 4.47. The van der Waals surface area contributed by atoms with Gasteiger partial charge in [0.15, 0.2) is 0 Å². The molecular weight excluding hydrogens is 336 g/mol. The molecule has 1 amide bonds. The van der Waals surface area contributed by atoms with Crippen molar-refractivity contribution in [1.82, 2.24) is 0 Å². The SMILES string of the molecule is N#Cc1ccc(NC(=O)Oc2sccc2S(=O)(=O)Cl)cc1. The second-order valence-electron chi connectivity index (χ2n) is 3.71. The van der Waals surface area contributed by atoms with Gasteiger partial charge in [0.25, 0.3) is 9.05 Å². The summed E-state index contributed by atoms with van der Waals surface area (Å²) in [6.07, 6.45) is -0.858. The summed E-state index contributed by atoms with van der Waals surface area (Å²) in [5.74, 6) is 0. The van der Waals surface area contributed by atoms with Gasteiger partial charge in [0.2, 0.25) is 5.06 Å². The van der Waals surface area contributed by atoms with Crippen LogP contribution in [0.25, 0.3) is 0 Å². The Labute approximate surface area is 129 Å². The van der Waals surface area contributed by atoms with Gasteiger partial charge in [-0.2, -0.15) is 5.26 Å². The van der Waals surface area contributed by atoms with Gasteiger partial charge in [0.1, 0.15) is 4.90 Å². The Morgan fingerprint density at radius 1 is 1.29 bits per heavy atom.